The summed E-state index contributed by atoms with van der Waals surface area (Å²) in [6.45, 7) is 9.37. The molecule has 0 spiro atoms. The van der Waals surface area contributed by atoms with Crippen molar-refractivity contribution < 1.29 is 44.3 Å². The molecule has 214 valence electrons. The largest absolute Gasteiger partial charge is 0.456 e. The lowest BCUT2D eigenvalue weighted by molar-refractivity contribution is -0.268. The molecule has 0 heterocycles. The fourth-order valence-electron chi connectivity index (χ4n) is 7.66. The van der Waals surface area contributed by atoms with Crippen LogP contribution >= 0.6 is 0 Å². The SMILES string of the molecule is CC[C@]1(OC(C)=O)[C@H](O)CC[C@@]2(C)C(=O)[C@H](O)C3=C(C)[C@@H](O)C[C@@](O)([C@@H](OC(=O)c4ccccc4)[C@H]12)C3(C)C. The molecule has 0 amide bonds. The maximum Gasteiger partial charge on any atom is 0.338 e. The summed E-state index contributed by atoms with van der Waals surface area (Å²) in [7, 11) is 0. The number of ketones is 1. The van der Waals surface area contributed by atoms with Crippen LogP contribution in [0.4, 0.5) is 0 Å². The summed E-state index contributed by atoms with van der Waals surface area (Å²) >= 11 is 0. The molecule has 0 aromatic heterocycles. The van der Waals surface area contributed by atoms with Crippen LogP contribution in [0.15, 0.2) is 41.5 Å². The zero-order valence-electron chi connectivity index (χ0n) is 23.4. The molecular weight excluding hydrogens is 504 g/mol. The first-order chi connectivity index (χ1) is 18.1. The molecule has 3 aliphatic rings. The average molecular weight is 545 g/mol. The maximum atomic E-state index is 14.3. The van der Waals surface area contributed by atoms with Gasteiger partial charge in [-0.15, -0.1) is 0 Å². The molecule has 0 saturated heterocycles. The molecule has 1 aromatic rings. The predicted molar refractivity (Wildman–Crippen MR) is 140 cm³/mol. The predicted octanol–water partition coefficient (Wildman–Crippen LogP) is 2.48. The van der Waals surface area contributed by atoms with Crippen LogP contribution in [0.25, 0.3) is 0 Å². The Morgan fingerprint density at radius 2 is 1.69 bits per heavy atom. The summed E-state index contributed by atoms with van der Waals surface area (Å²) in [5, 5.41) is 46.7. The van der Waals surface area contributed by atoms with Gasteiger partial charge in [0.25, 0.3) is 0 Å². The number of ether oxygens (including phenoxy) is 2. The highest BCUT2D eigenvalue weighted by atomic mass is 16.6. The summed E-state index contributed by atoms with van der Waals surface area (Å²) in [6, 6.07) is 8.15. The monoisotopic (exact) mass is 544 g/mol. The van der Waals surface area contributed by atoms with E-state index in [-0.39, 0.29) is 36.8 Å². The molecule has 8 atom stereocenters. The molecule has 3 aliphatic carbocycles. The number of Topliss-reactive ketones (excluding diaryl/α,β-unsaturated/α-hetero) is 1. The van der Waals surface area contributed by atoms with E-state index in [0.717, 1.165) is 0 Å². The van der Waals surface area contributed by atoms with Gasteiger partial charge in [-0.2, -0.15) is 0 Å². The van der Waals surface area contributed by atoms with Crippen LogP contribution in [0.3, 0.4) is 0 Å². The number of aliphatic hydroxyl groups excluding tert-OH is 3. The number of esters is 2. The molecule has 0 unspecified atom stereocenters. The van der Waals surface area contributed by atoms with Gasteiger partial charge in [0.2, 0.25) is 0 Å². The fourth-order valence-corrected chi connectivity index (χ4v) is 7.66. The maximum absolute atomic E-state index is 14.3. The van der Waals surface area contributed by atoms with E-state index in [1.165, 1.54) is 6.92 Å². The smallest absolute Gasteiger partial charge is 0.338 e. The zero-order chi connectivity index (χ0) is 29.1. The van der Waals surface area contributed by atoms with Gasteiger partial charge in [-0.3, -0.25) is 9.59 Å². The topological polar surface area (TPSA) is 151 Å². The van der Waals surface area contributed by atoms with Crippen LogP contribution in [0.1, 0.15) is 77.6 Å². The lowest BCUT2D eigenvalue weighted by atomic mass is 9.45. The van der Waals surface area contributed by atoms with Gasteiger partial charge in [-0.05, 0) is 49.5 Å². The van der Waals surface area contributed by atoms with Gasteiger partial charge >= 0.3 is 11.9 Å². The molecular formula is C30H40O9. The first kappa shape index (κ1) is 29.4. The number of carbonyl (C=O) groups excluding carboxylic acids is 3. The van der Waals surface area contributed by atoms with Gasteiger partial charge < -0.3 is 29.9 Å². The molecule has 4 rings (SSSR count). The molecule has 2 saturated carbocycles. The number of hydrogen-bond acceptors (Lipinski definition) is 9. The number of rotatable bonds is 4. The number of carbonyl (C=O) groups is 3. The molecule has 4 N–H and O–H groups in total. The van der Waals surface area contributed by atoms with Gasteiger partial charge in [-0.25, -0.2) is 4.79 Å². The van der Waals surface area contributed by atoms with Gasteiger partial charge in [-0.1, -0.05) is 45.9 Å². The summed E-state index contributed by atoms with van der Waals surface area (Å²) in [6.07, 6.45) is -5.76. The first-order valence-corrected chi connectivity index (χ1v) is 13.6. The Kier molecular flexibility index (Phi) is 7.39. The van der Waals surface area contributed by atoms with E-state index >= 15 is 0 Å². The van der Waals surface area contributed by atoms with E-state index in [9.17, 15) is 34.8 Å². The van der Waals surface area contributed by atoms with Crippen LogP contribution in [0.5, 0.6) is 0 Å². The average Bonchev–Trinajstić information content (AvgIpc) is 2.88. The molecule has 0 aliphatic heterocycles. The van der Waals surface area contributed by atoms with Crippen molar-refractivity contribution in [2.75, 3.05) is 0 Å². The van der Waals surface area contributed by atoms with Crippen molar-refractivity contribution in [1.29, 1.82) is 0 Å². The third-order valence-electron chi connectivity index (χ3n) is 9.89. The Labute approximate surface area is 228 Å². The Morgan fingerprint density at radius 3 is 2.26 bits per heavy atom. The van der Waals surface area contributed by atoms with Crippen molar-refractivity contribution >= 4 is 17.7 Å². The molecule has 1 aromatic carbocycles. The van der Waals surface area contributed by atoms with Crippen LogP contribution < -0.4 is 0 Å². The third-order valence-corrected chi connectivity index (χ3v) is 9.89. The summed E-state index contributed by atoms with van der Waals surface area (Å²) in [5.74, 6) is -3.36. The summed E-state index contributed by atoms with van der Waals surface area (Å²) in [4.78, 5) is 40.4. The van der Waals surface area contributed by atoms with Crippen molar-refractivity contribution in [3.8, 4) is 0 Å². The third kappa shape index (κ3) is 4.17. The normalized spacial score (nSPS) is 39.7. The second-order valence-electron chi connectivity index (χ2n) is 12.2. The summed E-state index contributed by atoms with van der Waals surface area (Å²) < 4.78 is 12.0. The standard InChI is InChI=1S/C30H40O9/c1-7-29(39-17(3)31)20(33)13-14-28(6)23(29)25(38-26(36)18-11-9-8-10-12-18)30(37)15-19(32)16(2)21(27(30,4)5)22(34)24(28)35/h8-12,19-20,22-23,25,32-34,37H,7,13-15H2,1-6H3/t19-,20+,22+,23-,25-,28+,29-,30+/m0/s1. The minimum Gasteiger partial charge on any atom is -0.456 e. The number of hydrogen-bond donors (Lipinski definition) is 4. The van der Waals surface area contributed by atoms with Crippen molar-refractivity contribution in [2.24, 2.45) is 16.7 Å². The lowest BCUT2D eigenvalue weighted by Crippen LogP contribution is -2.75. The second-order valence-corrected chi connectivity index (χ2v) is 12.2. The minimum atomic E-state index is -2.03. The van der Waals surface area contributed by atoms with Crippen molar-refractivity contribution in [1.82, 2.24) is 0 Å². The molecule has 9 nitrogen and oxygen atoms in total. The van der Waals surface area contributed by atoms with Crippen molar-refractivity contribution in [3.63, 3.8) is 0 Å². The van der Waals surface area contributed by atoms with Gasteiger partial charge in [0.15, 0.2) is 5.78 Å². The van der Waals surface area contributed by atoms with E-state index in [1.807, 2.05) is 0 Å². The number of fused-ring (bicyclic) bond motifs is 3. The van der Waals surface area contributed by atoms with Crippen molar-refractivity contribution in [3.05, 3.63) is 47.0 Å². The van der Waals surface area contributed by atoms with E-state index < -0.39 is 70.1 Å². The Hall–Kier alpha value is -2.59. The fraction of sp³-hybridized carbons (Fsp3) is 0.633. The second kappa shape index (κ2) is 9.80. The van der Waals surface area contributed by atoms with E-state index in [0.29, 0.717) is 5.57 Å². The van der Waals surface area contributed by atoms with Crippen molar-refractivity contribution in [2.45, 2.75) is 103 Å². The number of aliphatic hydroxyl groups is 4. The van der Waals surface area contributed by atoms with Crippen LogP contribution in [0, 0.1) is 16.7 Å². The Bertz CT molecular complexity index is 1190. The Balaban J connectivity index is 2.07. The Morgan fingerprint density at radius 1 is 1.08 bits per heavy atom. The number of benzene rings is 1. The molecule has 9 heteroatoms. The highest BCUT2D eigenvalue weighted by molar-refractivity contribution is 5.93. The zero-order valence-corrected chi connectivity index (χ0v) is 23.4. The first-order valence-electron chi connectivity index (χ1n) is 13.6. The molecule has 2 fully saturated rings. The molecule has 39 heavy (non-hydrogen) atoms. The highest BCUT2D eigenvalue weighted by Gasteiger charge is 2.72. The van der Waals surface area contributed by atoms with Gasteiger partial charge in [0, 0.05) is 24.2 Å². The van der Waals surface area contributed by atoms with Crippen LogP contribution in [0.2, 0.25) is 0 Å². The quantitative estimate of drug-likeness (QED) is 0.331. The molecule has 2 bridgehead atoms. The van der Waals surface area contributed by atoms with Gasteiger partial charge in [0.05, 0.1) is 23.7 Å². The van der Waals surface area contributed by atoms with Gasteiger partial charge in [0.1, 0.15) is 23.4 Å². The van der Waals surface area contributed by atoms with E-state index in [1.54, 1.807) is 65.0 Å². The minimum absolute atomic E-state index is 0.0392. The molecule has 0 radical (unpaired) electrons. The lowest BCUT2D eigenvalue weighted by Gasteiger charge is -2.63. The van der Waals surface area contributed by atoms with Crippen LogP contribution in [-0.2, 0) is 19.1 Å². The van der Waals surface area contributed by atoms with Crippen LogP contribution in [-0.4, -0.2) is 73.8 Å². The van der Waals surface area contributed by atoms with E-state index in [4.69, 9.17) is 9.47 Å². The van der Waals surface area contributed by atoms with E-state index in [2.05, 4.69) is 0 Å². The summed E-state index contributed by atoms with van der Waals surface area (Å²) in [5.41, 5.74) is -5.87. The highest BCUT2D eigenvalue weighted by Crippen LogP contribution is 2.62.